The Bertz CT molecular complexity index is 291. The van der Waals surface area contributed by atoms with Crippen molar-refractivity contribution >= 4 is 9.84 Å². The average Bonchev–Trinajstić information content (AvgIpc) is 2.15. The number of nitrogens with one attached hydrogen (secondary N) is 1. The Kier molecular flexibility index (Phi) is 7.33. The molecule has 0 radical (unpaired) electrons. The second-order valence-electron chi connectivity index (χ2n) is 5.80. The number of rotatable bonds is 8. The van der Waals surface area contributed by atoms with Gasteiger partial charge in [0.15, 0.2) is 9.84 Å². The van der Waals surface area contributed by atoms with Crippen LogP contribution in [-0.2, 0) is 9.84 Å². The molecule has 0 amide bonds. The molecule has 0 aliphatic rings. The Labute approximate surface area is 107 Å². The zero-order valence-electron chi connectivity index (χ0n) is 12.0. The van der Waals surface area contributed by atoms with E-state index in [1.807, 2.05) is 6.92 Å². The maximum atomic E-state index is 12.0. The van der Waals surface area contributed by atoms with E-state index in [-0.39, 0.29) is 17.2 Å². The normalized spacial score (nSPS) is 14.9. The molecular formula is C13H29NO2S. The Morgan fingerprint density at radius 2 is 1.71 bits per heavy atom. The van der Waals surface area contributed by atoms with E-state index in [2.05, 4.69) is 33.0 Å². The Morgan fingerprint density at radius 3 is 2.12 bits per heavy atom. The van der Waals surface area contributed by atoms with Gasteiger partial charge in [0.25, 0.3) is 0 Å². The minimum Gasteiger partial charge on any atom is -0.313 e. The molecule has 1 atom stereocenters. The molecule has 0 rings (SSSR count). The van der Waals surface area contributed by atoms with Crippen LogP contribution in [-0.4, -0.2) is 32.5 Å². The van der Waals surface area contributed by atoms with Gasteiger partial charge in [0.2, 0.25) is 0 Å². The molecule has 0 aliphatic carbocycles. The zero-order valence-corrected chi connectivity index (χ0v) is 12.9. The van der Waals surface area contributed by atoms with Gasteiger partial charge in [-0.2, -0.15) is 0 Å². The smallest absolute Gasteiger partial charge is 0.151 e. The molecule has 0 bridgehead atoms. The maximum Gasteiger partial charge on any atom is 0.151 e. The summed E-state index contributed by atoms with van der Waals surface area (Å²) in [5.41, 5.74) is -0.0200. The molecule has 0 aromatic heterocycles. The Balaban J connectivity index is 4.43. The molecule has 0 heterocycles. The van der Waals surface area contributed by atoms with Crippen molar-refractivity contribution in [3.8, 4) is 0 Å². The topological polar surface area (TPSA) is 46.2 Å². The highest BCUT2D eigenvalue weighted by atomic mass is 32.2. The standard InChI is InChI=1S/C13H29NO2S/c1-6-8-9-10-17(15,16)11-12(14-7-2)13(3,4)5/h12,14H,6-11H2,1-5H3. The molecule has 4 heteroatoms. The lowest BCUT2D eigenvalue weighted by Gasteiger charge is -2.31. The van der Waals surface area contributed by atoms with Crippen LogP contribution in [0.15, 0.2) is 0 Å². The molecule has 0 fully saturated rings. The third-order valence-electron chi connectivity index (χ3n) is 2.98. The highest BCUT2D eigenvalue weighted by molar-refractivity contribution is 7.91. The molecule has 0 aliphatic heterocycles. The van der Waals surface area contributed by atoms with E-state index >= 15 is 0 Å². The van der Waals surface area contributed by atoms with E-state index in [0.29, 0.717) is 5.75 Å². The van der Waals surface area contributed by atoms with Crippen molar-refractivity contribution in [2.75, 3.05) is 18.1 Å². The SMILES string of the molecule is CCCCCS(=O)(=O)CC(NCC)C(C)(C)C. The fourth-order valence-corrected chi connectivity index (χ4v) is 3.71. The molecule has 0 aromatic carbocycles. The first kappa shape index (κ1) is 16.9. The van der Waals surface area contributed by atoms with Crippen molar-refractivity contribution in [1.29, 1.82) is 0 Å². The van der Waals surface area contributed by atoms with Gasteiger partial charge in [0.05, 0.1) is 11.5 Å². The van der Waals surface area contributed by atoms with Crippen LogP contribution in [0.5, 0.6) is 0 Å². The van der Waals surface area contributed by atoms with E-state index in [4.69, 9.17) is 0 Å². The zero-order chi connectivity index (χ0) is 13.5. The molecular weight excluding hydrogens is 234 g/mol. The summed E-state index contributed by atoms with van der Waals surface area (Å²) in [4.78, 5) is 0. The summed E-state index contributed by atoms with van der Waals surface area (Å²) < 4.78 is 24.0. The van der Waals surface area contributed by atoms with Crippen molar-refractivity contribution in [1.82, 2.24) is 5.32 Å². The van der Waals surface area contributed by atoms with Gasteiger partial charge >= 0.3 is 0 Å². The second kappa shape index (κ2) is 7.37. The van der Waals surface area contributed by atoms with Gasteiger partial charge in [0.1, 0.15) is 0 Å². The summed E-state index contributed by atoms with van der Waals surface area (Å²) in [5, 5.41) is 3.29. The fraction of sp³-hybridized carbons (Fsp3) is 1.00. The lowest BCUT2D eigenvalue weighted by Crippen LogP contribution is -2.45. The van der Waals surface area contributed by atoms with Crippen LogP contribution in [0.2, 0.25) is 0 Å². The van der Waals surface area contributed by atoms with E-state index in [9.17, 15) is 8.42 Å². The van der Waals surface area contributed by atoms with Crippen LogP contribution in [0.1, 0.15) is 53.9 Å². The summed E-state index contributed by atoms with van der Waals surface area (Å²) in [6.07, 6.45) is 2.86. The van der Waals surface area contributed by atoms with Gasteiger partial charge in [0, 0.05) is 6.04 Å². The van der Waals surface area contributed by atoms with Crippen LogP contribution in [0, 0.1) is 5.41 Å². The van der Waals surface area contributed by atoms with Crippen molar-refractivity contribution < 1.29 is 8.42 Å². The van der Waals surface area contributed by atoms with Gasteiger partial charge < -0.3 is 5.32 Å². The predicted molar refractivity (Wildman–Crippen MR) is 75.1 cm³/mol. The highest BCUT2D eigenvalue weighted by Crippen LogP contribution is 2.21. The highest BCUT2D eigenvalue weighted by Gasteiger charge is 2.28. The first-order valence-electron chi connectivity index (χ1n) is 6.66. The second-order valence-corrected chi connectivity index (χ2v) is 8.03. The summed E-state index contributed by atoms with van der Waals surface area (Å²) in [5.74, 6) is 0.590. The van der Waals surface area contributed by atoms with Crippen molar-refractivity contribution in [3.05, 3.63) is 0 Å². The van der Waals surface area contributed by atoms with Crippen molar-refractivity contribution in [2.45, 2.75) is 59.9 Å². The van der Waals surface area contributed by atoms with Gasteiger partial charge in [-0.25, -0.2) is 8.42 Å². The molecule has 3 nitrogen and oxygen atoms in total. The summed E-state index contributed by atoms with van der Waals surface area (Å²) in [7, 11) is -2.92. The van der Waals surface area contributed by atoms with Crippen molar-refractivity contribution in [3.63, 3.8) is 0 Å². The lowest BCUT2D eigenvalue weighted by atomic mass is 9.88. The predicted octanol–water partition coefficient (Wildman–Crippen LogP) is 2.62. The fourth-order valence-electron chi connectivity index (χ4n) is 1.77. The van der Waals surface area contributed by atoms with Gasteiger partial charge in [-0.3, -0.25) is 0 Å². The van der Waals surface area contributed by atoms with E-state index in [1.54, 1.807) is 0 Å². The number of hydrogen-bond acceptors (Lipinski definition) is 3. The minimum atomic E-state index is -2.92. The molecule has 104 valence electrons. The van der Waals surface area contributed by atoms with Crippen molar-refractivity contribution in [2.24, 2.45) is 5.41 Å². The molecule has 1 N–H and O–H groups in total. The van der Waals surface area contributed by atoms with Crippen LogP contribution < -0.4 is 5.32 Å². The maximum absolute atomic E-state index is 12.0. The van der Waals surface area contributed by atoms with Gasteiger partial charge in [-0.1, -0.05) is 47.5 Å². The van der Waals surface area contributed by atoms with Crippen LogP contribution in [0.25, 0.3) is 0 Å². The number of sulfone groups is 1. The molecule has 0 saturated carbocycles. The number of unbranched alkanes of at least 4 members (excludes halogenated alkanes) is 2. The molecule has 1 unspecified atom stereocenters. The third-order valence-corrected chi connectivity index (χ3v) is 4.73. The summed E-state index contributed by atoms with van der Waals surface area (Å²) >= 11 is 0. The summed E-state index contributed by atoms with van der Waals surface area (Å²) in [6.45, 7) is 11.2. The van der Waals surface area contributed by atoms with E-state index in [1.165, 1.54) is 0 Å². The van der Waals surface area contributed by atoms with Gasteiger partial charge in [-0.15, -0.1) is 0 Å². The first-order valence-corrected chi connectivity index (χ1v) is 8.49. The lowest BCUT2D eigenvalue weighted by molar-refractivity contribution is 0.292. The minimum absolute atomic E-state index is 0.0200. The van der Waals surface area contributed by atoms with Crippen LogP contribution >= 0.6 is 0 Å². The molecule has 0 saturated heterocycles. The van der Waals surface area contributed by atoms with Gasteiger partial charge in [-0.05, 0) is 18.4 Å². The van der Waals surface area contributed by atoms with E-state index < -0.39 is 9.84 Å². The molecule has 0 aromatic rings. The average molecular weight is 263 g/mol. The Morgan fingerprint density at radius 1 is 1.12 bits per heavy atom. The van der Waals surface area contributed by atoms with E-state index in [0.717, 1.165) is 25.8 Å². The quantitative estimate of drug-likeness (QED) is 0.685. The largest absolute Gasteiger partial charge is 0.313 e. The third kappa shape index (κ3) is 7.77. The summed E-state index contributed by atoms with van der Waals surface area (Å²) in [6, 6.07) is 0.0409. The molecule has 0 spiro atoms. The first-order chi connectivity index (χ1) is 7.73. The number of hydrogen-bond donors (Lipinski definition) is 1. The van der Waals surface area contributed by atoms with Crippen LogP contribution in [0.3, 0.4) is 0 Å². The molecule has 17 heavy (non-hydrogen) atoms. The van der Waals surface area contributed by atoms with Crippen LogP contribution in [0.4, 0.5) is 0 Å². The Hall–Kier alpha value is -0.0900. The monoisotopic (exact) mass is 263 g/mol.